The molecule has 1 nitrogen and oxygen atoms in total. The van der Waals surface area contributed by atoms with Crippen LogP contribution in [0.15, 0.2) is 18.2 Å². The monoisotopic (exact) mass is 370 g/mol. The van der Waals surface area contributed by atoms with Crippen LogP contribution in [0.25, 0.3) is 11.1 Å². The van der Waals surface area contributed by atoms with Gasteiger partial charge in [0.2, 0.25) is 0 Å². The van der Waals surface area contributed by atoms with E-state index < -0.39 is 0 Å². The van der Waals surface area contributed by atoms with Crippen LogP contribution >= 0.6 is 0 Å². The molecule has 0 unspecified atom stereocenters. The molecule has 1 radical (unpaired) electrons. The normalized spacial score (nSPS) is 12.2. The summed E-state index contributed by atoms with van der Waals surface area (Å²) < 4.78 is 0. The van der Waals surface area contributed by atoms with Crippen molar-refractivity contribution < 1.29 is 46.5 Å². The Kier molecular flexibility index (Phi) is 8.37. The van der Waals surface area contributed by atoms with Crippen molar-refractivity contribution in [2.45, 2.75) is 40.5 Å². The third kappa shape index (κ3) is 3.59. The summed E-state index contributed by atoms with van der Waals surface area (Å²) in [5.41, 5.74) is 11.3. The fourth-order valence-electron chi connectivity index (χ4n) is 3.19. The topological polar surface area (TPSA) is 12.0 Å². The second kappa shape index (κ2) is 8.50. The van der Waals surface area contributed by atoms with Crippen LogP contribution in [0, 0.1) is 27.7 Å². The molecular formula is C18H22Cl2NTi. The van der Waals surface area contributed by atoms with Crippen LogP contribution in [-0.4, -0.2) is 6.54 Å². The largest absolute Gasteiger partial charge is 3.00 e. The molecule has 0 spiro atoms. The van der Waals surface area contributed by atoms with Crippen molar-refractivity contribution in [2.24, 2.45) is 0 Å². The zero-order chi connectivity index (χ0) is 13.6. The van der Waals surface area contributed by atoms with Crippen molar-refractivity contribution in [1.29, 1.82) is 0 Å². The molecule has 3 rings (SSSR count). The molecule has 0 bridgehead atoms. The molecule has 1 heterocycles. The van der Waals surface area contributed by atoms with Crippen molar-refractivity contribution >= 4 is 5.69 Å². The average molecular weight is 371 g/mol. The molecule has 22 heavy (non-hydrogen) atoms. The number of hydrogen-bond donors (Lipinski definition) is 1. The van der Waals surface area contributed by atoms with Gasteiger partial charge in [-0.3, -0.25) is 0 Å². The zero-order valence-corrected chi connectivity index (χ0v) is 16.7. The molecule has 117 valence electrons. The Morgan fingerprint density at radius 2 is 1.77 bits per heavy atom. The Bertz CT molecular complexity index is 647. The second-order valence-corrected chi connectivity index (χ2v) is 5.81. The van der Waals surface area contributed by atoms with Crippen LogP contribution in [-0.2, 0) is 28.1 Å². The van der Waals surface area contributed by atoms with Gasteiger partial charge in [-0.25, -0.2) is 0 Å². The summed E-state index contributed by atoms with van der Waals surface area (Å²) >= 11 is 0. The van der Waals surface area contributed by atoms with E-state index in [4.69, 9.17) is 0 Å². The van der Waals surface area contributed by atoms with Crippen molar-refractivity contribution in [2.75, 3.05) is 11.9 Å². The summed E-state index contributed by atoms with van der Waals surface area (Å²) in [7, 11) is 0. The summed E-state index contributed by atoms with van der Waals surface area (Å²) in [6.45, 7) is 10.0. The van der Waals surface area contributed by atoms with Gasteiger partial charge in [0.05, 0.1) is 0 Å². The van der Waals surface area contributed by atoms with Crippen molar-refractivity contribution in [3.8, 4) is 11.1 Å². The number of nitrogens with one attached hydrogen (secondary N) is 1. The maximum absolute atomic E-state index is 3.63. The average Bonchev–Trinajstić information content (AvgIpc) is 2.66. The molecule has 0 saturated carbocycles. The number of fused-ring (bicyclic) bond motifs is 1. The third-order valence-electron chi connectivity index (χ3n) is 4.61. The van der Waals surface area contributed by atoms with E-state index in [0.29, 0.717) is 0 Å². The van der Waals surface area contributed by atoms with E-state index in [1.165, 1.54) is 57.5 Å². The van der Waals surface area contributed by atoms with Crippen molar-refractivity contribution in [1.82, 2.24) is 0 Å². The van der Waals surface area contributed by atoms with Crippen molar-refractivity contribution in [3.63, 3.8) is 0 Å². The molecule has 1 aliphatic heterocycles. The maximum Gasteiger partial charge on any atom is 3.00 e. The minimum atomic E-state index is 0. The number of anilines is 1. The fourth-order valence-corrected chi connectivity index (χ4v) is 3.19. The summed E-state index contributed by atoms with van der Waals surface area (Å²) in [4.78, 5) is 0. The number of benzene rings is 1. The molecule has 4 heteroatoms. The second-order valence-electron chi connectivity index (χ2n) is 5.81. The predicted molar refractivity (Wildman–Crippen MR) is 83.2 cm³/mol. The molecule has 0 saturated heterocycles. The fraction of sp³-hybridized carbons (Fsp3) is 0.389. The van der Waals surface area contributed by atoms with Crippen LogP contribution < -0.4 is 30.1 Å². The SMILES string of the molecule is Cc1ccc2c(c1-c1c[c-](C)c(C)c1C)NCCC2.[Cl-].[Cl-].[Ti+3]. The molecule has 0 atom stereocenters. The summed E-state index contributed by atoms with van der Waals surface area (Å²) in [6, 6.07) is 6.92. The smallest absolute Gasteiger partial charge is 1.00 e. The van der Waals surface area contributed by atoms with Crippen LogP contribution in [0.2, 0.25) is 0 Å². The van der Waals surface area contributed by atoms with Crippen LogP contribution in [0.5, 0.6) is 0 Å². The van der Waals surface area contributed by atoms with E-state index >= 15 is 0 Å². The van der Waals surface area contributed by atoms with Crippen LogP contribution in [0.4, 0.5) is 5.69 Å². The van der Waals surface area contributed by atoms with E-state index in [-0.39, 0.29) is 46.5 Å². The number of rotatable bonds is 1. The molecule has 0 aliphatic carbocycles. The van der Waals surface area contributed by atoms with Crippen molar-refractivity contribution in [3.05, 3.63) is 46.0 Å². The number of hydrogen-bond acceptors (Lipinski definition) is 1. The zero-order valence-electron chi connectivity index (χ0n) is 13.6. The van der Waals surface area contributed by atoms with E-state index in [9.17, 15) is 0 Å². The minimum absolute atomic E-state index is 0. The summed E-state index contributed by atoms with van der Waals surface area (Å²) in [5, 5.41) is 3.63. The van der Waals surface area contributed by atoms with Gasteiger partial charge in [0.25, 0.3) is 0 Å². The Morgan fingerprint density at radius 3 is 2.36 bits per heavy atom. The summed E-state index contributed by atoms with van der Waals surface area (Å²) in [5.74, 6) is 0. The first-order valence-corrected chi connectivity index (χ1v) is 7.20. The van der Waals surface area contributed by atoms with Gasteiger partial charge in [0.15, 0.2) is 0 Å². The van der Waals surface area contributed by atoms with Gasteiger partial charge in [0, 0.05) is 12.2 Å². The molecule has 0 fully saturated rings. The summed E-state index contributed by atoms with van der Waals surface area (Å²) in [6.07, 6.45) is 2.45. The molecular weight excluding hydrogens is 349 g/mol. The number of halogens is 2. The van der Waals surface area contributed by atoms with Gasteiger partial charge in [-0.1, -0.05) is 44.0 Å². The molecule has 1 aliphatic rings. The first kappa shape index (κ1) is 21.7. The van der Waals surface area contributed by atoms with Crippen LogP contribution in [0.3, 0.4) is 0 Å². The molecule has 0 aromatic heterocycles. The molecule has 2 aromatic carbocycles. The molecule has 1 N–H and O–H groups in total. The first-order chi connectivity index (χ1) is 9.09. The van der Waals surface area contributed by atoms with Gasteiger partial charge >= 0.3 is 21.7 Å². The van der Waals surface area contributed by atoms with Gasteiger partial charge in [-0.05, 0) is 25.3 Å². The third-order valence-corrected chi connectivity index (χ3v) is 4.61. The predicted octanol–water partition coefficient (Wildman–Crippen LogP) is -1.33. The Labute approximate surface area is 161 Å². The minimum Gasteiger partial charge on any atom is -1.00 e. The van der Waals surface area contributed by atoms with Gasteiger partial charge in [-0.2, -0.15) is 28.3 Å². The molecule has 2 aromatic rings. The van der Waals surface area contributed by atoms with E-state index in [1.807, 2.05) is 0 Å². The van der Waals surface area contributed by atoms with E-state index in [0.717, 1.165) is 6.54 Å². The van der Waals surface area contributed by atoms with Crippen LogP contribution in [0.1, 0.15) is 34.2 Å². The van der Waals surface area contributed by atoms with Gasteiger partial charge in [-0.15, -0.1) is 0 Å². The van der Waals surface area contributed by atoms with E-state index in [1.54, 1.807) is 0 Å². The van der Waals surface area contributed by atoms with Gasteiger partial charge < -0.3 is 30.1 Å². The first-order valence-electron chi connectivity index (χ1n) is 7.20. The van der Waals surface area contributed by atoms with E-state index in [2.05, 4.69) is 51.2 Å². The Hall–Kier alpha value is -0.336. The Morgan fingerprint density at radius 1 is 1.09 bits per heavy atom. The van der Waals surface area contributed by atoms with Gasteiger partial charge in [0.1, 0.15) is 0 Å². The quantitative estimate of drug-likeness (QED) is 0.484. The molecule has 0 amide bonds. The standard InChI is InChI=1S/C18H22N.2ClH.Ti/c1-11-7-8-15-6-5-9-19-18(15)17(11)16-10-12(2)13(3)14(16)4;;;/h7-8,10,19H,5-6,9H2,1-4H3;2*1H;/q-1;;;+3/p-2. The maximum atomic E-state index is 3.63. The Balaban J connectivity index is 0.00000147. The number of aryl methyl sites for hydroxylation is 3.